The fourth-order valence-electron chi connectivity index (χ4n) is 2.54. The van der Waals surface area contributed by atoms with Crippen LogP contribution in [0.25, 0.3) is 21.8 Å². The number of benzene rings is 2. The second-order valence-electron chi connectivity index (χ2n) is 5.00. The van der Waals surface area contributed by atoms with Crippen molar-refractivity contribution in [1.82, 2.24) is 4.57 Å². The maximum atomic E-state index is 12.6. The molecular formula is C14H10N2O6S. The van der Waals surface area contributed by atoms with Gasteiger partial charge in [0, 0.05) is 24.6 Å². The highest BCUT2D eigenvalue weighted by Gasteiger charge is 2.16. The van der Waals surface area contributed by atoms with Crippen molar-refractivity contribution in [3.8, 4) is 0 Å². The lowest BCUT2D eigenvalue weighted by atomic mass is 10.1. The van der Waals surface area contributed by atoms with Gasteiger partial charge >= 0.3 is 0 Å². The number of aryl methyl sites for hydroxylation is 1. The molecule has 0 atom stereocenters. The van der Waals surface area contributed by atoms with Gasteiger partial charge in [-0.1, -0.05) is 0 Å². The van der Waals surface area contributed by atoms with E-state index >= 15 is 0 Å². The number of nitrogens with zero attached hydrogens (tertiary/aromatic N) is 2. The molecule has 1 N–H and O–H groups in total. The van der Waals surface area contributed by atoms with E-state index in [0.29, 0.717) is 11.0 Å². The Morgan fingerprint density at radius 1 is 1.09 bits per heavy atom. The molecule has 0 aliphatic carbocycles. The number of fused-ring (bicyclic) bond motifs is 2. The van der Waals surface area contributed by atoms with Crippen molar-refractivity contribution >= 4 is 37.6 Å². The van der Waals surface area contributed by atoms with Gasteiger partial charge in [-0.05, 0) is 24.3 Å². The average Bonchev–Trinajstić information content (AvgIpc) is 2.50. The molecular weight excluding hydrogens is 324 g/mol. The number of hydrogen-bond donors (Lipinski definition) is 1. The number of aromatic nitrogens is 1. The van der Waals surface area contributed by atoms with E-state index in [9.17, 15) is 23.3 Å². The highest BCUT2D eigenvalue weighted by Crippen LogP contribution is 2.23. The SMILES string of the molecule is Cn1c2ccc([N+](=O)[O-])cc2c(=O)c2cc(S(=O)(=O)O)ccc21. The van der Waals surface area contributed by atoms with Gasteiger partial charge in [-0.3, -0.25) is 19.5 Å². The lowest BCUT2D eigenvalue weighted by Crippen LogP contribution is -2.10. The predicted molar refractivity (Wildman–Crippen MR) is 83.2 cm³/mol. The molecule has 1 heterocycles. The Labute approximate surface area is 129 Å². The molecule has 2 aromatic carbocycles. The number of nitro benzene ring substituents is 1. The van der Waals surface area contributed by atoms with Crippen LogP contribution in [0.5, 0.6) is 0 Å². The summed E-state index contributed by atoms with van der Waals surface area (Å²) in [5.74, 6) is 0. The summed E-state index contributed by atoms with van der Waals surface area (Å²) in [7, 11) is -2.80. The molecule has 0 saturated heterocycles. The normalized spacial score (nSPS) is 11.9. The molecule has 0 aliphatic rings. The first-order valence-electron chi connectivity index (χ1n) is 6.38. The van der Waals surface area contributed by atoms with Crippen molar-refractivity contribution in [3.63, 3.8) is 0 Å². The van der Waals surface area contributed by atoms with Crippen LogP contribution in [0.1, 0.15) is 0 Å². The molecule has 0 unspecified atom stereocenters. The van der Waals surface area contributed by atoms with Crippen molar-refractivity contribution in [2.24, 2.45) is 7.05 Å². The number of rotatable bonds is 2. The highest BCUT2D eigenvalue weighted by atomic mass is 32.2. The summed E-state index contributed by atoms with van der Waals surface area (Å²) in [4.78, 5) is 22.4. The number of pyridine rings is 1. The smallest absolute Gasteiger partial charge is 0.294 e. The second-order valence-corrected chi connectivity index (χ2v) is 6.42. The topological polar surface area (TPSA) is 120 Å². The van der Waals surface area contributed by atoms with Crippen molar-refractivity contribution in [3.05, 3.63) is 56.7 Å². The highest BCUT2D eigenvalue weighted by molar-refractivity contribution is 7.85. The first kappa shape index (κ1) is 15.1. The zero-order valence-corrected chi connectivity index (χ0v) is 12.6. The number of nitro groups is 1. The third kappa shape index (κ3) is 2.35. The molecule has 0 amide bonds. The van der Waals surface area contributed by atoms with Gasteiger partial charge in [0.1, 0.15) is 0 Å². The van der Waals surface area contributed by atoms with E-state index in [4.69, 9.17) is 4.55 Å². The van der Waals surface area contributed by atoms with Crippen LogP contribution in [0, 0.1) is 10.1 Å². The van der Waals surface area contributed by atoms with Gasteiger partial charge < -0.3 is 4.57 Å². The number of non-ortho nitro benzene ring substituents is 1. The summed E-state index contributed by atoms with van der Waals surface area (Å²) in [5.41, 5.74) is 0.152. The second kappa shape index (κ2) is 4.86. The third-order valence-corrected chi connectivity index (χ3v) is 4.52. The van der Waals surface area contributed by atoms with Crippen molar-refractivity contribution in [2.75, 3.05) is 0 Å². The van der Waals surface area contributed by atoms with Crippen molar-refractivity contribution in [1.29, 1.82) is 0 Å². The van der Waals surface area contributed by atoms with Gasteiger partial charge in [0.2, 0.25) is 0 Å². The largest absolute Gasteiger partial charge is 0.343 e. The fraction of sp³-hybridized carbons (Fsp3) is 0.0714. The van der Waals surface area contributed by atoms with Crippen molar-refractivity contribution in [2.45, 2.75) is 4.90 Å². The van der Waals surface area contributed by atoms with Crippen LogP contribution < -0.4 is 5.43 Å². The van der Waals surface area contributed by atoms with Crippen LogP contribution in [-0.2, 0) is 17.2 Å². The van der Waals surface area contributed by atoms with E-state index in [1.807, 2.05) is 0 Å². The minimum Gasteiger partial charge on any atom is -0.343 e. The molecule has 9 heteroatoms. The summed E-state index contributed by atoms with van der Waals surface area (Å²) >= 11 is 0. The van der Waals surface area contributed by atoms with Gasteiger partial charge in [0.25, 0.3) is 15.8 Å². The Balaban J connectivity index is 2.51. The van der Waals surface area contributed by atoms with Crippen LogP contribution in [-0.4, -0.2) is 22.5 Å². The average molecular weight is 334 g/mol. The maximum absolute atomic E-state index is 12.6. The lowest BCUT2D eigenvalue weighted by Gasteiger charge is -2.10. The Bertz CT molecular complexity index is 1150. The van der Waals surface area contributed by atoms with E-state index in [2.05, 4.69) is 0 Å². The molecule has 0 bridgehead atoms. The summed E-state index contributed by atoms with van der Waals surface area (Å²) < 4.78 is 33.2. The Kier molecular flexibility index (Phi) is 3.20. The van der Waals surface area contributed by atoms with Crippen LogP contribution in [0.2, 0.25) is 0 Å². The van der Waals surface area contributed by atoms with Gasteiger partial charge in [0.05, 0.1) is 26.2 Å². The summed E-state index contributed by atoms with van der Waals surface area (Å²) in [6.45, 7) is 0. The molecule has 0 fully saturated rings. The van der Waals surface area contributed by atoms with Crippen LogP contribution >= 0.6 is 0 Å². The minimum atomic E-state index is -4.46. The lowest BCUT2D eigenvalue weighted by molar-refractivity contribution is -0.384. The summed E-state index contributed by atoms with van der Waals surface area (Å²) in [6, 6.07) is 7.56. The molecule has 23 heavy (non-hydrogen) atoms. The standard InChI is InChI=1S/C14H10N2O6S/c1-15-12-4-2-8(16(18)19)6-10(12)14(17)11-7-9(23(20,21)22)3-5-13(11)15/h2-7H,1H3,(H,20,21,22). The molecule has 1 aromatic heterocycles. The van der Waals surface area contributed by atoms with E-state index < -0.39 is 25.4 Å². The Hall–Kier alpha value is -2.78. The molecule has 0 radical (unpaired) electrons. The van der Waals surface area contributed by atoms with Crippen LogP contribution in [0.4, 0.5) is 5.69 Å². The molecule has 0 saturated carbocycles. The Morgan fingerprint density at radius 2 is 1.65 bits per heavy atom. The maximum Gasteiger partial charge on any atom is 0.294 e. The van der Waals surface area contributed by atoms with Gasteiger partial charge in [0.15, 0.2) is 5.43 Å². The van der Waals surface area contributed by atoms with E-state index in [1.165, 1.54) is 24.3 Å². The van der Waals surface area contributed by atoms with Crippen LogP contribution in [0.3, 0.4) is 0 Å². The molecule has 0 spiro atoms. The molecule has 3 rings (SSSR count). The Morgan fingerprint density at radius 3 is 2.22 bits per heavy atom. The summed E-state index contributed by atoms with van der Waals surface area (Å²) in [6.07, 6.45) is 0. The zero-order valence-electron chi connectivity index (χ0n) is 11.8. The molecule has 118 valence electrons. The summed E-state index contributed by atoms with van der Waals surface area (Å²) in [5, 5.41) is 11.0. The van der Waals surface area contributed by atoms with E-state index in [-0.39, 0.29) is 16.5 Å². The predicted octanol–water partition coefficient (Wildman–Crippen LogP) is 1.85. The molecule has 8 nitrogen and oxygen atoms in total. The van der Waals surface area contributed by atoms with Crippen molar-refractivity contribution < 1.29 is 17.9 Å². The fourth-order valence-corrected chi connectivity index (χ4v) is 3.04. The molecule has 3 aromatic rings. The minimum absolute atomic E-state index is 0.0515. The monoisotopic (exact) mass is 334 g/mol. The molecule has 0 aliphatic heterocycles. The van der Waals surface area contributed by atoms with E-state index in [1.54, 1.807) is 11.6 Å². The number of hydrogen-bond acceptors (Lipinski definition) is 5. The van der Waals surface area contributed by atoms with Gasteiger partial charge in [-0.2, -0.15) is 8.42 Å². The van der Waals surface area contributed by atoms with Crippen LogP contribution in [0.15, 0.2) is 46.1 Å². The first-order valence-corrected chi connectivity index (χ1v) is 7.82. The first-order chi connectivity index (χ1) is 10.7. The quantitative estimate of drug-likeness (QED) is 0.330. The van der Waals surface area contributed by atoms with Gasteiger partial charge in [-0.15, -0.1) is 0 Å². The van der Waals surface area contributed by atoms with Gasteiger partial charge in [-0.25, -0.2) is 0 Å². The third-order valence-electron chi connectivity index (χ3n) is 3.67. The zero-order chi connectivity index (χ0) is 16.9. The van der Waals surface area contributed by atoms with E-state index in [0.717, 1.165) is 12.1 Å².